The van der Waals surface area contributed by atoms with E-state index in [4.69, 9.17) is 33.0 Å². The van der Waals surface area contributed by atoms with E-state index < -0.39 is 0 Å². The van der Waals surface area contributed by atoms with Crippen molar-refractivity contribution in [2.45, 2.75) is 6.92 Å². The van der Waals surface area contributed by atoms with Gasteiger partial charge in [-0.3, -0.25) is 0 Å². The van der Waals surface area contributed by atoms with Gasteiger partial charge in [0.1, 0.15) is 10.8 Å². The number of halogens is 2. The molecule has 1 aromatic carbocycles. The lowest BCUT2D eigenvalue weighted by molar-refractivity contribution is 0.174. The first kappa shape index (κ1) is 11.6. The van der Waals surface area contributed by atoms with Crippen LogP contribution in [0.3, 0.4) is 0 Å². The largest absolute Gasteiger partial charge is 0.492 e. The third-order valence-corrected chi connectivity index (χ3v) is 2.55. The van der Waals surface area contributed by atoms with E-state index in [2.05, 4.69) is 0 Å². The first-order chi connectivity index (χ1) is 6.65. The Hall–Kier alpha value is -0.440. The molecule has 78 valence electrons. The van der Waals surface area contributed by atoms with Gasteiger partial charge in [-0.2, -0.15) is 0 Å². The van der Waals surface area contributed by atoms with Gasteiger partial charge in [-0.1, -0.05) is 36.2 Å². The second-order valence-corrected chi connectivity index (χ2v) is 3.94. The van der Waals surface area contributed by atoms with Gasteiger partial charge in [-0.05, 0) is 12.1 Å². The average Bonchev–Trinajstić information content (AvgIpc) is 2.20. The summed E-state index contributed by atoms with van der Waals surface area (Å²) in [7, 11) is 0. The lowest BCUT2D eigenvalue weighted by Crippen LogP contribution is -2.12. The zero-order chi connectivity index (χ0) is 10.6. The molecule has 1 N–H and O–H groups in total. The summed E-state index contributed by atoms with van der Waals surface area (Å²) < 4.78 is 5.39. The minimum absolute atomic E-state index is 0.0880. The molecule has 0 fully saturated rings. The molecule has 1 atom stereocenters. The van der Waals surface area contributed by atoms with Gasteiger partial charge in [0.2, 0.25) is 0 Å². The number of benzene rings is 1. The van der Waals surface area contributed by atoms with Crippen LogP contribution < -0.4 is 4.74 Å². The Kier molecular flexibility index (Phi) is 4.52. The molecule has 1 unspecified atom stereocenters. The summed E-state index contributed by atoms with van der Waals surface area (Å²) in [6, 6.07) is 5.22. The van der Waals surface area contributed by atoms with Crippen LogP contribution in [0.4, 0.5) is 0 Å². The molecule has 4 heteroatoms. The summed E-state index contributed by atoms with van der Waals surface area (Å²) in [5.41, 5.74) is 0. The fraction of sp³-hybridized carbons (Fsp3) is 0.400. The van der Waals surface area contributed by atoms with Crippen molar-refractivity contribution < 1.29 is 9.84 Å². The van der Waals surface area contributed by atoms with E-state index in [1.165, 1.54) is 0 Å². The quantitative estimate of drug-likeness (QED) is 0.869. The molecule has 0 bridgehead atoms. The number of rotatable bonds is 4. The van der Waals surface area contributed by atoms with Crippen LogP contribution >= 0.6 is 23.2 Å². The van der Waals surface area contributed by atoms with Crippen molar-refractivity contribution >= 4 is 23.2 Å². The molecule has 0 amide bonds. The van der Waals surface area contributed by atoms with Gasteiger partial charge >= 0.3 is 0 Å². The smallest absolute Gasteiger partial charge is 0.139 e. The molecule has 0 aromatic heterocycles. The molecule has 1 aromatic rings. The average molecular weight is 235 g/mol. The minimum atomic E-state index is 0.0880. The van der Waals surface area contributed by atoms with Crippen LogP contribution in [0.25, 0.3) is 0 Å². The lowest BCUT2D eigenvalue weighted by atomic mass is 10.2. The van der Waals surface area contributed by atoms with Crippen molar-refractivity contribution in [1.29, 1.82) is 0 Å². The molecule has 0 aliphatic carbocycles. The van der Waals surface area contributed by atoms with E-state index in [1.54, 1.807) is 18.2 Å². The van der Waals surface area contributed by atoms with Crippen molar-refractivity contribution in [3.63, 3.8) is 0 Å². The molecular weight excluding hydrogens is 223 g/mol. The standard InChI is InChI=1S/C10H12Cl2O2/c1-7(5-13)6-14-9-4-2-3-8(11)10(9)12/h2-4,7,13H,5-6H2,1H3. The highest BCUT2D eigenvalue weighted by Crippen LogP contribution is 2.31. The van der Waals surface area contributed by atoms with Crippen LogP contribution in [0.1, 0.15) is 6.92 Å². The Labute approximate surface area is 93.4 Å². The molecule has 0 saturated heterocycles. The fourth-order valence-corrected chi connectivity index (χ4v) is 1.23. The topological polar surface area (TPSA) is 29.5 Å². The normalized spacial score (nSPS) is 12.6. The predicted octanol–water partition coefficient (Wildman–Crippen LogP) is 3.00. The first-order valence-corrected chi connectivity index (χ1v) is 5.08. The lowest BCUT2D eigenvalue weighted by Gasteiger charge is -2.11. The molecule has 0 saturated carbocycles. The van der Waals surface area contributed by atoms with Crippen molar-refractivity contribution in [2.75, 3.05) is 13.2 Å². The van der Waals surface area contributed by atoms with Gasteiger partial charge in [0.25, 0.3) is 0 Å². The van der Waals surface area contributed by atoms with E-state index in [-0.39, 0.29) is 12.5 Å². The summed E-state index contributed by atoms with van der Waals surface area (Å²) in [5, 5.41) is 9.69. The maximum absolute atomic E-state index is 8.80. The van der Waals surface area contributed by atoms with Crippen LogP contribution in [0.2, 0.25) is 10.0 Å². The van der Waals surface area contributed by atoms with Gasteiger partial charge in [-0.25, -0.2) is 0 Å². The number of hydrogen-bond donors (Lipinski definition) is 1. The first-order valence-electron chi connectivity index (χ1n) is 4.32. The summed E-state index contributed by atoms with van der Waals surface area (Å²) >= 11 is 11.7. The number of aliphatic hydroxyl groups is 1. The number of ether oxygens (including phenoxy) is 1. The van der Waals surface area contributed by atoms with E-state index in [0.717, 1.165) is 0 Å². The van der Waals surface area contributed by atoms with Gasteiger partial charge in [0, 0.05) is 12.5 Å². The van der Waals surface area contributed by atoms with Crippen molar-refractivity contribution in [3.05, 3.63) is 28.2 Å². The van der Waals surface area contributed by atoms with Crippen LogP contribution in [0.15, 0.2) is 18.2 Å². The van der Waals surface area contributed by atoms with Gasteiger partial charge < -0.3 is 9.84 Å². The highest BCUT2D eigenvalue weighted by molar-refractivity contribution is 6.42. The second kappa shape index (κ2) is 5.44. The molecule has 0 aliphatic heterocycles. The van der Waals surface area contributed by atoms with Crippen LogP contribution in [0.5, 0.6) is 5.75 Å². The highest BCUT2D eigenvalue weighted by atomic mass is 35.5. The SMILES string of the molecule is CC(CO)COc1cccc(Cl)c1Cl. The van der Waals surface area contributed by atoms with E-state index in [9.17, 15) is 0 Å². The third kappa shape index (κ3) is 3.05. The van der Waals surface area contributed by atoms with Gasteiger partial charge in [-0.15, -0.1) is 0 Å². The van der Waals surface area contributed by atoms with E-state index >= 15 is 0 Å². The van der Waals surface area contributed by atoms with Gasteiger partial charge in [0.05, 0.1) is 11.6 Å². The maximum Gasteiger partial charge on any atom is 0.139 e. The molecule has 0 heterocycles. The van der Waals surface area contributed by atoms with Crippen molar-refractivity contribution in [1.82, 2.24) is 0 Å². The molecule has 0 radical (unpaired) electrons. The number of aliphatic hydroxyl groups excluding tert-OH is 1. The Morgan fingerprint density at radius 2 is 2.14 bits per heavy atom. The Bertz CT molecular complexity index is 302. The Morgan fingerprint density at radius 1 is 1.43 bits per heavy atom. The van der Waals surface area contributed by atoms with E-state index in [1.807, 2.05) is 6.92 Å². The second-order valence-electron chi connectivity index (χ2n) is 3.15. The molecular formula is C10H12Cl2O2. The summed E-state index contributed by atoms with van der Waals surface area (Å²) in [6.07, 6.45) is 0. The van der Waals surface area contributed by atoms with Crippen LogP contribution in [-0.4, -0.2) is 18.3 Å². The summed E-state index contributed by atoms with van der Waals surface area (Å²) in [6.45, 7) is 2.41. The predicted molar refractivity (Wildman–Crippen MR) is 58.2 cm³/mol. The number of hydrogen-bond acceptors (Lipinski definition) is 2. The third-order valence-electron chi connectivity index (χ3n) is 1.75. The van der Waals surface area contributed by atoms with Gasteiger partial charge in [0.15, 0.2) is 0 Å². The summed E-state index contributed by atoms with van der Waals surface area (Å²) in [5.74, 6) is 0.643. The highest BCUT2D eigenvalue weighted by Gasteiger charge is 2.07. The summed E-state index contributed by atoms with van der Waals surface area (Å²) in [4.78, 5) is 0. The molecule has 0 spiro atoms. The van der Waals surface area contributed by atoms with Crippen molar-refractivity contribution in [2.24, 2.45) is 5.92 Å². The van der Waals surface area contributed by atoms with Crippen molar-refractivity contribution in [3.8, 4) is 5.75 Å². The molecule has 14 heavy (non-hydrogen) atoms. The minimum Gasteiger partial charge on any atom is -0.492 e. The Balaban J connectivity index is 2.63. The van der Waals surface area contributed by atoms with Crippen LogP contribution in [0, 0.1) is 5.92 Å². The zero-order valence-electron chi connectivity index (χ0n) is 7.84. The maximum atomic E-state index is 8.80. The zero-order valence-corrected chi connectivity index (χ0v) is 9.35. The van der Waals surface area contributed by atoms with Crippen LogP contribution in [-0.2, 0) is 0 Å². The molecule has 2 nitrogen and oxygen atoms in total. The monoisotopic (exact) mass is 234 g/mol. The van der Waals surface area contributed by atoms with E-state index in [0.29, 0.717) is 22.4 Å². The Morgan fingerprint density at radius 3 is 2.79 bits per heavy atom. The molecule has 0 aliphatic rings. The molecule has 1 rings (SSSR count). The fourth-order valence-electron chi connectivity index (χ4n) is 0.880.